The number of hydrogen-bond donors (Lipinski definition) is 1. The van der Waals surface area contributed by atoms with Crippen molar-refractivity contribution in [1.29, 1.82) is 0 Å². The van der Waals surface area contributed by atoms with Gasteiger partial charge in [-0.3, -0.25) is 4.79 Å². The monoisotopic (exact) mass is 379 g/mol. The van der Waals surface area contributed by atoms with E-state index in [2.05, 4.69) is 29.0 Å². The third-order valence-electron chi connectivity index (χ3n) is 6.17. The lowest BCUT2D eigenvalue weighted by atomic mass is 9.86. The Hall–Kier alpha value is -0.0300. The fourth-order valence-corrected chi connectivity index (χ4v) is 4.33. The fraction of sp³-hybridized carbons (Fsp3) is 0.944. The molecule has 0 aromatic carbocycles. The second-order valence-electron chi connectivity index (χ2n) is 7.84. The third kappa shape index (κ3) is 5.23. The molecule has 0 spiro atoms. The highest BCUT2D eigenvalue weighted by Crippen LogP contribution is 2.25. The van der Waals surface area contributed by atoms with Gasteiger partial charge in [-0.2, -0.15) is 0 Å². The molecular formula is C18H35Cl2N3O. The van der Waals surface area contributed by atoms with Gasteiger partial charge in [0, 0.05) is 31.6 Å². The van der Waals surface area contributed by atoms with Crippen molar-refractivity contribution >= 4 is 30.7 Å². The molecule has 0 aromatic heterocycles. The minimum absolute atomic E-state index is 0. The van der Waals surface area contributed by atoms with Crippen LogP contribution in [-0.2, 0) is 4.79 Å². The molecule has 3 saturated heterocycles. The van der Waals surface area contributed by atoms with E-state index in [-0.39, 0.29) is 30.7 Å². The molecule has 3 fully saturated rings. The van der Waals surface area contributed by atoms with Gasteiger partial charge in [0.15, 0.2) is 0 Å². The van der Waals surface area contributed by atoms with Gasteiger partial charge in [0.05, 0.1) is 0 Å². The van der Waals surface area contributed by atoms with E-state index >= 15 is 0 Å². The van der Waals surface area contributed by atoms with E-state index < -0.39 is 0 Å². The Morgan fingerprint density at radius 3 is 2.50 bits per heavy atom. The zero-order chi connectivity index (χ0) is 15.5. The first-order valence-corrected chi connectivity index (χ1v) is 9.38. The summed E-state index contributed by atoms with van der Waals surface area (Å²) in [5, 5.41) is 3.29. The molecule has 0 bridgehead atoms. The summed E-state index contributed by atoms with van der Waals surface area (Å²) >= 11 is 0. The van der Waals surface area contributed by atoms with Crippen molar-refractivity contribution in [2.24, 2.45) is 17.8 Å². The molecular weight excluding hydrogens is 345 g/mol. The third-order valence-corrected chi connectivity index (χ3v) is 6.17. The lowest BCUT2D eigenvalue weighted by molar-refractivity contribution is -0.139. The van der Waals surface area contributed by atoms with E-state index in [9.17, 15) is 4.79 Å². The lowest BCUT2D eigenvalue weighted by Gasteiger charge is -2.41. The molecule has 0 aromatic rings. The zero-order valence-electron chi connectivity index (χ0n) is 15.2. The molecule has 4 nitrogen and oxygen atoms in total. The van der Waals surface area contributed by atoms with E-state index in [0.29, 0.717) is 17.7 Å². The first-order chi connectivity index (χ1) is 10.6. The Balaban J connectivity index is 0.00000144. The van der Waals surface area contributed by atoms with Crippen molar-refractivity contribution in [2.45, 2.75) is 52.0 Å². The molecule has 0 saturated carbocycles. The van der Waals surface area contributed by atoms with Crippen LogP contribution in [0.4, 0.5) is 0 Å². The Bertz CT molecular complexity index is 392. The molecule has 0 aliphatic carbocycles. The summed E-state index contributed by atoms with van der Waals surface area (Å²) in [7, 11) is 0. The summed E-state index contributed by atoms with van der Waals surface area (Å²) in [4.78, 5) is 17.6. The Kier molecular flexibility index (Phi) is 9.35. The van der Waals surface area contributed by atoms with Crippen LogP contribution in [0.25, 0.3) is 0 Å². The van der Waals surface area contributed by atoms with Crippen LogP contribution in [-0.4, -0.2) is 61.0 Å². The molecule has 1 N–H and O–H groups in total. The molecule has 3 atom stereocenters. The first kappa shape index (κ1) is 22.0. The molecule has 24 heavy (non-hydrogen) atoms. The van der Waals surface area contributed by atoms with E-state index in [1.807, 2.05) is 0 Å². The highest BCUT2D eigenvalue weighted by Gasteiger charge is 2.34. The second kappa shape index (κ2) is 10.2. The summed E-state index contributed by atoms with van der Waals surface area (Å²) in [6, 6.07) is 0.736. The fourth-order valence-electron chi connectivity index (χ4n) is 4.33. The van der Waals surface area contributed by atoms with E-state index in [4.69, 9.17) is 0 Å². The van der Waals surface area contributed by atoms with Gasteiger partial charge in [0.1, 0.15) is 0 Å². The van der Waals surface area contributed by atoms with Crippen molar-refractivity contribution in [3.63, 3.8) is 0 Å². The lowest BCUT2D eigenvalue weighted by Crippen LogP contribution is -2.53. The van der Waals surface area contributed by atoms with Gasteiger partial charge in [-0.1, -0.05) is 13.3 Å². The normalized spacial score (nSPS) is 29.8. The number of rotatable bonds is 4. The molecule has 142 valence electrons. The maximum atomic E-state index is 12.7. The van der Waals surface area contributed by atoms with Crippen LogP contribution in [0.3, 0.4) is 0 Å². The zero-order valence-corrected chi connectivity index (χ0v) is 16.8. The summed E-state index contributed by atoms with van der Waals surface area (Å²) in [6.45, 7) is 11.0. The van der Waals surface area contributed by atoms with Crippen LogP contribution in [0.2, 0.25) is 0 Å². The SMILES string of the molecule is CC(C(=O)N1CCCC(CN2CCCCC2C)C1)C1CNC1.Cl.Cl. The van der Waals surface area contributed by atoms with Gasteiger partial charge < -0.3 is 15.1 Å². The highest BCUT2D eigenvalue weighted by molar-refractivity contribution is 5.85. The van der Waals surface area contributed by atoms with Crippen molar-refractivity contribution in [3.8, 4) is 0 Å². The van der Waals surface area contributed by atoms with Gasteiger partial charge in [-0.05, 0) is 64.1 Å². The quantitative estimate of drug-likeness (QED) is 0.815. The number of nitrogens with zero attached hydrogens (tertiary/aromatic N) is 2. The number of amides is 1. The summed E-state index contributed by atoms with van der Waals surface area (Å²) in [5.41, 5.74) is 0. The maximum Gasteiger partial charge on any atom is 0.225 e. The Morgan fingerprint density at radius 2 is 1.88 bits per heavy atom. The van der Waals surface area contributed by atoms with Crippen molar-refractivity contribution in [3.05, 3.63) is 0 Å². The van der Waals surface area contributed by atoms with E-state index in [1.54, 1.807) is 0 Å². The van der Waals surface area contributed by atoms with Crippen molar-refractivity contribution in [1.82, 2.24) is 15.1 Å². The van der Waals surface area contributed by atoms with Crippen molar-refractivity contribution in [2.75, 3.05) is 39.3 Å². The molecule has 3 heterocycles. The van der Waals surface area contributed by atoms with Crippen molar-refractivity contribution < 1.29 is 4.79 Å². The molecule has 1 amide bonds. The number of piperidine rings is 2. The highest BCUT2D eigenvalue weighted by atomic mass is 35.5. The predicted octanol–water partition coefficient (Wildman–Crippen LogP) is 2.80. The van der Waals surface area contributed by atoms with Gasteiger partial charge in [0.2, 0.25) is 5.91 Å². The number of likely N-dealkylation sites (tertiary alicyclic amines) is 2. The molecule has 3 rings (SSSR count). The van der Waals surface area contributed by atoms with Crippen LogP contribution in [0.1, 0.15) is 46.0 Å². The van der Waals surface area contributed by atoms with Crippen LogP contribution in [0.15, 0.2) is 0 Å². The first-order valence-electron chi connectivity index (χ1n) is 9.38. The Labute approximate surface area is 159 Å². The van der Waals surface area contributed by atoms with Crippen LogP contribution < -0.4 is 5.32 Å². The van der Waals surface area contributed by atoms with E-state index in [1.165, 1.54) is 45.2 Å². The average molecular weight is 380 g/mol. The number of halogens is 2. The standard InChI is InChI=1S/C18H33N3O.2ClH/c1-14-6-3-4-8-20(14)12-16-7-5-9-21(13-16)18(22)15(2)17-10-19-11-17;;/h14-17,19H,3-13H2,1-2H3;2*1H. The van der Waals surface area contributed by atoms with E-state index in [0.717, 1.165) is 32.2 Å². The average Bonchev–Trinajstić information content (AvgIpc) is 2.47. The number of carbonyl (C=O) groups excluding carboxylic acids is 1. The minimum Gasteiger partial charge on any atom is -0.342 e. The van der Waals surface area contributed by atoms with Gasteiger partial charge in [0.25, 0.3) is 0 Å². The number of nitrogens with one attached hydrogen (secondary N) is 1. The van der Waals surface area contributed by atoms with Crippen LogP contribution in [0, 0.1) is 17.8 Å². The maximum absolute atomic E-state index is 12.7. The van der Waals surface area contributed by atoms with Gasteiger partial charge in [-0.25, -0.2) is 0 Å². The summed E-state index contributed by atoms with van der Waals surface area (Å²) < 4.78 is 0. The summed E-state index contributed by atoms with van der Waals surface area (Å²) in [5.74, 6) is 1.86. The predicted molar refractivity (Wildman–Crippen MR) is 104 cm³/mol. The minimum atomic E-state index is 0. The molecule has 0 radical (unpaired) electrons. The number of hydrogen-bond acceptors (Lipinski definition) is 3. The largest absolute Gasteiger partial charge is 0.342 e. The van der Waals surface area contributed by atoms with Gasteiger partial charge >= 0.3 is 0 Å². The molecule has 6 heteroatoms. The smallest absolute Gasteiger partial charge is 0.225 e. The summed E-state index contributed by atoms with van der Waals surface area (Å²) in [6.07, 6.45) is 6.58. The van der Waals surface area contributed by atoms with Crippen LogP contribution >= 0.6 is 24.8 Å². The molecule has 3 aliphatic rings. The van der Waals surface area contributed by atoms with Gasteiger partial charge in [-0.15, -0.1) is 24.8 Å². The molecule has 3 unspecified atom stereocenters. The second-order valence-corrected chi connectivity index (χ2v) is 7.84. The molecule has 3 aliphatic heterocycles. The topological polar surface area (TPSA) is 35.6 Å². The number of carbonyl (C=O) groups is 1. The Morgan fingerprint density at radius 1 is 1.12 bits per heavy atom. The van der Waals surface area contributed by atoms with Crippen LogP contribution in [0.5, 0.6) is 0 Å².